The maximum absolute atomic E-state index is 5.21. The molecular formula is C19H22N4O2. The van der Waals surface area contributed by atoms with Crippen LogP contribution in [0.5, 0.6) is 0 Å². The molecule has 1 N–H and O–H groups in total. The molecule has 0 atom stereocenters. The van der Waals surface area contributed by atoms with E-state index in [1.165, 1.54) is 0 Å². The van der Waals surface area contributed by atoms with Crippen LogP contribution in [0.4, 0.5) is 0 Å². The molecule has 0 aliphatic rings. The minimum absolute atomic E-state index is 0.272. The average Bonchev–Trinajstić information content (AvgIpc) is 3.11. The van der Waals surface area contributed by atoms with Gasteiger partial charge in [-0.05, 0) is 24.3 Å². The molecule has 0 radical (unpaired) electrons. The van der Waals surface area contributed by atoms with Crippen molar-refractivity contribution >= 4 is 0 Å². The largest absolute Gasteiger partial charge is 0.355 e. The van der Waals surface area contributed by atoms with E-state index in [4.69, 9.17) is 14.6 Å². The van der Waals surface area contributed by atoms with Gasteiger partial charge in [0.2, 0.25) is 0 Å². The summed E-state index contributed by atoms with van der Waals surface area (Å²) >= 11 is 0. The van der Waals surface area contributed by atoms with Crippen molar-refractivity contribution in [2.24, 2.45) is 0 Å². The number of aromatic nitrogens is 3. The number of rotatable bonds is 8. The molecule has 0 saturated heterocycles. The summed E-state index contributed by atoms with van der Waals surface area (Å²) in [6, 6.07) is 14.0. The lowest BCUT2D eigenvalue weighted by molar-refractivity contribution is -0.0989. The summed E-state index contributed by atoms with van der Waals surface area (Å²) < 4.78 is 12.3. The predicted molar refractivity (Wildman–Crippen MR) is 96.3 cm³/mol. The summed E-state index contributed by atoms with van der Waals surface area (Å²) in [6.45, 7) is 1.25. The van der Waals surface area contributed by atoms with Gasteiger partial charge in [-0.25, -0.2) is 4.68 Å². The Bertz CT molecular complexity index is 771. The lowest BCUT2D eigenvalue weighted by Crippen LogP contribution is -2.29. The summed E-state index contributed by atoms with van der Waals surface area (Å²) in [5, 5.41) is 8.12. The van der Waals surface area contributed by atoms with Gasteiger partial charge in [0.15, 0.2) is 6.29 Å². The molecule has 6 nitrogen and oxygen atoms in total. The molecule has 0 amide bonds. The highest BCUT2D eigenvalue weighted by Crippen LogP contribution is 2.23. The molecule has 1 aromatic carbocycles. The fourth-order valence-corrected chi connectivity index (χ4v) is 2.59. The molecule has 25 heavy (non-hydrogen) atoms. The van der Waals surface area contributed by atoms with E-state index in [-0.39, 0.29) is 6.29 Å². The Hall–Kier alpha value is -2.54. The van der Waals surface area contributed by atoms with Crippen molar-refractivity contribution in [2.75, 3.05) is 20.8 Å². The van der Waals surface area contributed by atoms with Crippen LogP contribution in [-0.4, -0.2) is 41.8 Å². The smallest absolute Gasteiger partial charge is 0.169 e. The molecule has 0 unspecified atom stereocenters. The third kappa shape index (κ3) is 4.30. The number of methoxy groups -OCH3 is 2. The highest BCUT2D eigenvalue weighted by Gasteiger charge is 2.13. The van der Waals surface area contributed by atoms with Crippen molar-refractivity contribution < 1.29 is 9.47 Å². The number of benzene rings is 1. The van der Waals surface area contributed by atoms with Gasteiger partial charge in [-0.15, -0.1) is 0 Å². The molecular weight excluding hydrogens is 316 g/mol. The van der Waals surface area contributed by atoms with Gasteiger partial charge in [0.1, 0.15) is 0 Å². The molecule has 6 heteroatoms. The van der Waals surface area contributed by atoms with E-state index in [0.717, 1.165) is 22.5 Å². The van der Waals surface area contributed by atoms with Gasteiger partial charge in [0, 0.05) is 57.0 Å². The zero-order chi connectivity index (χ0) is 17.5. The van der Waals surface area contributed by atoms with Crippen LogP contribution in [0.3, 0.4) is 0 Å². The number of ether oxygens (including phenoxy) is 2. The van der Waals surface area contributed by atoms with Crippen molar-refractivity contribution in [1.82, 2.24) is 20.1 Å². The van der Waals surface area contributed by atoms with E-state index in [1.807, 2.05) is 59.5 Å². The fraction of sp³-hybridized carbons (Fsp3) is 0.263. The van der Waals surface area contributed by atoms with Gasteiger partial charge < -0.3 is 14.8 Å². The average molecular weight is 338 g/mol. The maximum atomic E-state index is 5.21. The highest BCUT2D eigenvalue weighted by molar-refractivity contribution is 5.62. The molecule has 3 rings (SSSR count). The van der Waals surface area contributed by atoms with Gasteiger partial charge in [0.05, 0.1) is 11.4 Å². The van der Waals surface area contributed by atoms with Crippen molar-refractivity contribution in [1.29, 1.82) is 0 Å². The van der Waals surface area contributed by atoms with Crippen LogP contribution in [-0.2, 0) is 16.0 Å². The zero-order valence-electron chi connectivity index (χ0n) is 14.4. The SMILES string of the molecule is COC(CNCc1cn(-c2ccccc2)nc1-c1cccnc1)OC. The summed E-state index contributed by atoms with van der Waals surface area (Å²) in [5.41, 5.74) is 4.01. The lowest BCUT2D eigenvalue weighted by atomic mass is 10.1. The Morgan fingerprint density at radius 2 is 1.88 bits per heavy atom. The third-order valence-electron chi connectivity index (χ3n) is 3.90. The van der Waals surface area contributed by atoms with Gasteiger partial charge in [-0.3, -0.25) is 4.98 Å². The second-order valence-electron chi connectivity index (χ2n) is 5.56. The Balaban J connectivity index is 1.86. The van der Waals surface area contributed by atoms with E-state index in [0.29, 0.717) is 13.1 Å². The molecule has 0 spiro atoms. The van der Waals surface area contributed by atoms with E-state index >= 15 is 0 Å². The minimum Gasteiger partial charge on any atom is -0.355 e. The Kier molecular flexibility index (Phi) is 5.90. The number of para-hydroxylation sites is 1. The summed E-state index contributed by atoms with van der Waals surface area (Å²) in [6.07, 6.45) is 5.36. The van der Waals surface area contributed by atoms with Crippen LogP contribution in [0.15, 0.2) is 61.1 Å². The van der Waals surface area contributed by atoms with Gasteiger partial charge in [-0.1, -0.05) is 18.2 Å². The van der Waals surface area contributed by atoms with Crippen LogP contribution in [0, 0.1) is 0 Å². The normalized spacial score (nSPS) is 11.2. The summed E-state index contributed by atoms with van der Waals surface area (Å²) in [5.74, 6) is 0. The predicted octanol–water partition coefficient (Wildman–Crippen LogP) is 2.64. The standard InChI is InChI=1S/C19H22N4O2/c1-24-18(25-2)13-21-12-16-14-23(17-8-4-3-5-9-17)22-19(16)15-7-6-10-20-11-15/h3-11,14,18,21H,12-13H2,1-2H3. The molecule has 130 valence electrons. The van der Waals surface area contributed by atoms with Crippen LogP contribution in [0.25, 0.3) is 16.9 Å². The highest BCUT2D eigenvalue weighted by atomic mass is 16.7. The second kappa shape index (κ2) is 8.53. The summed E-state index contributed by atoms with van der Waals surface area (Å²) in [7, 11) is 3.26. The first-order valence-corrected chi connectivity index (χ1v) is 8.12. The lowest BCUT2D eigenvalue weighted by Gasteiger charge is -2.13. The molecule has 0 fully saturated rings. The molecule has 3 aromatic rings. The van der Waals surface area contributed by atoms with E-state index in [1.54, 1.807) is 20.4 Å². The molecule has 0 aliphatic heterocycles. The van der Waals surface area contributed by atoms with Crippen LogP contribution in [0.1, 0.15) is 5.56 Å². The summed E-state index contributed by atoms with van der Waals surface area (Å²) in [4.78, 5) is 4.21. The number of hydrogen-bond donors (Lipinski definition) is 1. The van der Waals surface area contributed by atoms with Crippen molar-refractivity contribution in [3.05, 3.63) is 66.6 Å². The minimum atomic E-state index is -0.272. The number of hydrogen-bond acceptors (Lipinski definition) is 5. The van der Waals surface area contributed by atoms with Crippen molar-refractivity contribution in [3.8, 4) is 16.9 Å². The van der Waals surface area contributed by atoms with E-state index in [2.05, 4.69) is 10.3 Å². The molecule has 0 aliphatic carbocycles. The van der Waals surface area contributed by atoms with Crippen molar-refractivity contribution in [3.63, 3.8) is 0 Å². The van der Waals surface area contributed by atoms with E-state index < -0.39 is 0 Å². The Labute approximate surface area is 147 Å². The first-order chi connectivity index (χ1) is 12.3. The maximum Gasteiger partial charge on any atom is 0.169 e. The Morgan fingerprint density at radius 3 is 2.56 bits per heavy atom. The van der Waals surface area contributed by atoms with Gasteiger partial charge >= 0.3 is 0 Å². The number of pyridine rings is 1. The first kappa shape index (κ1) is 17.3. The first-order valence-electron chi connectivity index (χ1n) is 8.12. The number of nitrogens with zero attached hydrogens (tertiary/aromatic N) is 3. The van der Waals surface area contributed by atoms with Crippen LogP contribution < -0.4 is 5.32 Å². The monoisotopic (exact) mass is 338 g/mol. The third-order valence-corrected chi connectivity index (χ3v) is 3.90. The zero-order valence-corrected chi connectivity index (χ0v) is 14.4. The number of nitrogens with one attached hydrogen (secondary N) is 1. The fourth-order valence-electron chi connectivity index (χ4n) is 2.59. The van der Waals surface area contributed by atoms with Crippen LogP contribution in [0.2, 0.25) is 0 Å². The molecule has 2 heterocycles. The van der Waals surface area contributed by atoms with Gasteiger partial charge in [-0.2, -0.15) is 5.10 Å². The van der Waals surface area contributed by atoms with Gasteiger partial charge in [0.25, 0.3) is 0 Å². The van der Waals surface area contributed by atoms with Crippen molar-refractivity contribution in [2.45, 2.75) is 12.8 Å². The quantitative estimate of drug-likeness (QED) is 0.640. The van der Waals surface area contributed by atoms with E-state index in [9.17, 15) is 0 Å². The Morgan fingerprint density at radius 1 is 1.08 bits per heavy atom. The molecule has 0 saturated carbocycles. The molecule has 2 aromatic heterocycles. The molecule has 0 bridgehead atoms. The van der Waals surface area contributed by atoms with Crippen LogP contribution >= 0.6 is 0 Å². The topological polar surface area (TPSA) is 61.2 Å². The second-order valence-corrected chi connectivity index (χ2v) is 5.56.